The molecule has 26 heavy (non-hydrogen) atoms. The summed E-state index contributed by atoms with van der Waals surface area (Å²) in [6.45, 7) is 4.30. The van der Waals surface area contributed by atoms with Gasteiger partial charge in [-0.15, -0.1) is 0 Å². The number of rotatable bonds is 8. The summed E-state index contributed by atoms with van der Waals surface area (Å²) in [5.41, 5.74) is 0.875. The molecule has 2 N–H and O–H groups in total. The number of ether oxygens (including phenoxy) is 1. The molecule has 0 aliphatic rings. The number of hydrogen-bond acceptors (Lipinski definition) is 3. The average Bonchev–Trinajstić information content (AvgIpc) is 2.62. The number of benzene rings is 2. The first-order valence-corrected chi connectivity index (χ1v) is 8.99. The Morgan fingerprint density at radius 2 is 1.92 bits per heavy atom. The fourth-order valence-corrected chi connectivity index (χ4v) is 2.48. The van der Waals surface area contributed by atoms with Crippen LogP contribution in [0.25, 0.3) is 0 Å². The van der Waals surface area contributed by atoms with Gasteiger partial charge in [-0.25, -0.2) is 0 Å². The first-order valence-electron chi connectivity index (χ1n) is 8.61. The average molecular weight is 375 g/mol. The van der Waals surface area contributed by atoms with Gasteiger partial charge in [0, 0.05) is 11.6 Å². The largest absolute Gasteiger partial charge is 0.481 e. The third-order valence-electron chi connectivity index (χ3n) is 3.72. The van der Waals surface area contributed by atoms with Gasteiger partial charge >= 0.3 is 0 Å². The minimum absolute atomic E-state index is 0.210. The van der Waals surface area contributed by atoms with Crippen molar-refractivity contribution in [1.82, 2.24) is 5.32 Å². The van der Waals surface area contributed by atoms with Gasteiger partial charge < -0.3 is 15.4 Å². The van der Waals surface area contributed by atoms with Gasteiger partial charge in [-0.2, -0.15) is 0 Å². The monoisotopic (exact) mass is 374 g/mol. The molecule has 0 saturated carbocycles. The summed E-state index contributed by atoms with van der Waals surface area (Å²) >= 11 is 5.92. The van der Waals surface area contributed by atoms with Crippen LogP contribution in [0.1, 0.15) is 37.0 Å². The van der Waals surface area contributed by atoms with Crippen molar-refractivity contribution in [2.24, 2.45) is 0 Å². The number of para-hydroxylation sites is 1. The van der Waals surface area contributed by atoms with Crippen molar-refractivity contribution in [1.29, 1.82) is 0 Å². The Morgan fingerprint density at radius 3 is 2.65 bits per heavy atom. The second kappa shape index (κ2) is 9.82. The van der Waals surface area contributed by atoms with Gasteiger partial charge in [-0.3, -0.25) is 9.59 Å². The highest BCUT2D eigenvalue weighted by Crippen LogP contribution is 2.20. The van der Waals surface area contributed by atoms with Gasteiger partial charge in [0.25, 0.3) is 11.8 Å². The van der Waals surface area contributed by atoms with Gasteiger partial charge in [-0.1, -0.05) is 43.1 Å². The first kappa shape index (κ1) is 19.8. The van der Waals surface area contributed by atoms with Crippen LogP contribution in [-0.4, -0.2) is 24.5 Å². The van der Waals surface area contributed by atoms with Gasteiger partial charge in [0.2, 0.25) is 0 Å². The second-order valence-corrected chi connectivity index (χ2v) is 6.30. The van der Waals surface area contributed by atoms with Gasteiger partial charge in [-0.05, 0) is 43.7 Å². The second-order valence-electron chi connectivity index (χ2n) is 5.86. The normalized spacial score (nSPS) is 11.5. The van der Waals surface area contributed by atoms with Crippen molar-refractivity contribution in [3.05, 3.63) is 59.1 Å². The third-order valence-corrected chi connectivity index (χ3v) is 3.96. The Kier molecular flexibility index (Phi) is 7.48. The van der Waals surface area contributed by atoms with E-state index in [2.05, 4.69) is 17.6 Å². The number of carbonyl (C=O) groups excluding carboxylic acids is 2. The summed E-state index contributed by atoms with van der Waals surface area (Å²) in [5.74, 6) is -0.0534. The van der Waals surface area contributed by atoms with Crippen molar-refractivity contribution < 1.29 is 14.3 Å². The molecule has 0 saturated heterocycles. The molecule has 0 spiro atoms. The molecule has 0 unspecified atom stereocenters. The topological polar surface area (TPSA) is 67.4 Å². The van der Waals surface area contributed by atoms with Crippen molar-refractivity contribution >= 4 is 29.1 Å². The molecular weight excluding hydrogens is 352 g/mol. The molecule has 2 rings (SSSR count). The molecule has 6 heteroatoms. The predicted octanol–water partition coefficient (Wildman–Crippen LogP) is 4.28. The molecule has 138 valence electrons. The summed E-state index contributed by atoms with van der Waals surface area (Å²) in [7, 11) is 0. The maximum absolute atomic E-state index is 12.4. The quantitative estimate of drug-likeness (QED) is 0.678. The molecule has 0 aromatic heterocycles. The summed E-state index contributed by atoms with van der Waals surface area (Å²) in [5, 5.41) is 6.14. The van der Waals surface area contributed by atoms with E-state index in [-0.39, 0.29) is 11.8 Å². The number of amides is 2. The Hall–Kier alpha value is -2.53. The zero-order valence-electron chi connectivity index (χ0n) is 14.9. The number of carbonyl (C=O) groups is 2. The molecule has 0 heterocycles. The van der Waals surface area contributed by atoms with Gasteiger partial charge in [0.1, 0.15) is 5.75 Å². The molecule has 0 aliphatic carbocycles. The van der Waals surface area contributed by atoms with E-state index in [1.807, 2.05) is 0 Å². The summed E-state index contributed by atoms with van der Waals surface area (Å²) in [4.78, 5) is 24.7. The summed E-state index contributed by atoms with van der Waals surface area (Å²) in [6, 6.07) is 13.7. The predicted molar refractivity (Wildman–Crippen MR) is 104 cm³/mol. The molecule has 0 fully saturated rings. The van der Waals surface area contributed by atoms with Crippen LogP contribution in [0.5, 0.6) is 5.75 Å². The lowest BCUT2D eigenvalue weighted by atomic mass is 10.1. The van der Waals surface area contributed by atoms with Crippen LogP contribution in [-0.2, 0) is 4.79 Å². The molecule has 0 aliphatic heterocycles. The van der Waals surface area contributed by atoms with Crippen LogP contribution in [0.2, 0.25) is 5.02 Å². The third kappa shape index (κ3) is 5.77. The van der Waals surface area contributed by atoms with E-state index in [9.17, 15) is 9.59 Å². The number of nitrogens with one attached hydrogen (secondary N) is 2. The zero-order chi connectivity index (χ0) is 18.9. The van der Waals surface area contributed by atoms with Gasteiger partial charge in [0.15, 0.2) is 6.10 Å². The molecule has 1 atom stereocenters. The minimum Gasteiger partial charge on any atom is -0.481 e. The van der Waals surface area contributed by atoms with E-state index in [0.29, 0.717) is 28.6 Å². The Balaban J connectivity index is 2.03. The maximum atomic E-state index is 12.4. The standard InChI is InChI=1S/C20H23ClN2O3/c1-3-4-12-22-20(25)17-10-5-6-11-18(17)23-19(24)14(2)26-16-9-7-8-15(21)13-16/h5-11,13-14H,3-4,12H2,1-2H3,(H,22,25)(H,23,24)/t14-/m0/s1. The van der Waals surface area contributed by atoms with Crippen LogP contribution >= 0.6 is 11.6 Å². The highest BCUT2D eigenvalue weighted by Gasteiger charge is 2.18. The molecule has 5 nitrogen and oxygen atoms in total. The van der Waals surface area contributed by atoms with E-state index < -0.39 is 6.10 Å². The Morgan fingerprint density at radius 1 is 1.15 bits per heavy atom. The Bertz CT molecular complexity index is 764. The number of halogens is 1. The fourth-order valence-electron chi connectivity index (χ4n) is 2.30. The lowest BCUT2D eigenvalue weighted by molar-refractivity contribution is -0.122. The number of anilines is 1. The Labute approximate surface area is 158 Å². The van der Waals surface area contributed by atoms with Crippen LogP contribution in [0.4, 0.5) is 5.69 Å². The van der Waals surface area contributed by atoms with Crippen molar-refractivity contribution in [2.75, 3.05) is 11.9 Å². The van der Waals surface area contributed by atoms with Crippen LogP contribution in [0, 0.1) is 0 Å². The highest BCUT2D eigenvalue weighted by molar-refractivity contribution is 6.30. The molecule has 0 bridgehead atoms. The van der Waals surface area contributed by atoms with E-state index >= 15 is 0 Å². The highest BCUT2D eigenvalue weighted by atomic mass is 35.5. The SMILES string of the molecule is CCCCNC(=O)c1ccccc1NC(=O)[C@H](C)Oc1cccc(Cl)c1. The van der Waals surface area contributed by atoms with Crippen molar-refractivity contribution in [3.63, 3.8) is 0 Å². The van der Waals surface area contributed by atoms with Crippen LogP contribution < -0.4 is 15.4 Å². The minimum atomic E-state index is -0.746. The number of unbranched alkanes of at least 4 members (excludes halogenated alkanes) is 1. The lowest BCUT2D eigenvalue weighted by Gasteiger charge is -2.16. The van der Waals surface area contributed by atoms with E-state index in [4.69, 9.17) is 16.3 Å². The van der Waals surface area contributed by atoms with Gasteiger partial charge in [0.05, 0.1) is 11.3 Å². The number of hydrogen-bond donors (Lipinski definition) is 2. The van der Waals surface area contributed by atoms with Crippen LogP contribution in [0.3, 0.4) is 0 Å². The van der Waals surface area contributed by atoms with E-state index in [1.165, 1.54) is 0 Å². The van der Waals surface area contributed by atoms with Crippen LogP contribution in [0.15, 0.2) is 48.5 Å². The van der Waals surface area contributed by atoms with E-state index in [0.717, 1.165) is 12.8 Å². The van der Waals surface area contributed by atoms with E-state index in [1.54, 1.807) is 55.5 Å². The van der Waals surface area contributed by atoms with Crippen molar-refractivity contribution in [2.45, 2.75) is 32.8 Å². The molecule has 2 amide bonds. The fraction of sp³-hybridized carbons (Fsp3) is 0.300. The summed E-state index contributed by atoms with van der Waals surface area (Å²) < 4.78 is 5.61. The smallest absolute Gasteiger partial charge is 0.265 e. The zero-order valence-corrected chi connectivity index (χ0v) is 15.7. The first-order chi connectivity index (χ1) is 12.5. The van der Waals surface area contributed by atoms with Crippen molar-refractivity contribution in [3.8, 4) is 5.75 Å². The molecular formula is C20H23ClN2O3. The summed E-state index contributed by atoms with van der Waals surface area (Å²) in [6.07, 6.45) is 1.16. The molecule has 2 aromatic rings. The molecule has 2 aromatic carbocycles. The maximum Gasteiger partial charge on any atom is 0.265 e. The lowest BCUT2D eigenvalue weighted by Crippen LogP contribution is -2.32. The molecule has 0 radical (unpaired) electrons.